The largest absolute Gasteiger partial charge is 0.486 e. The number of rotatable bonds is 8. The number of hydrogen-bond donors (Lipinski definition) is 1. The van der Waals surface area contributed by atoms with Crippen LogP contribution in [0.4, 0.5) is 4.39 Å². The molecule has 1 aliphatic heterocycles. The van der Waals surface area contributed by atoms with Crippen LogP contribution in [-0.4, -0.2) is 34.8 Å². The molecule has 5 rings (SSSR count). The fraction of sp³-hybridized carbons (Fsp3) is 0.393. The molecule has 1 N–H and O–H groups in total. The summed E-state index contributed by atoms with van der Waals surface area (Å²) in [6.07, 6.45) is 2.60. The van der Waals surface area contributed by atoms with Crippen molar-refractivity contribution in [2.24, 2.45) is 11.8 Å². The lowest BCUT2D eigenvalue weighted by atomic mass is 9.87. The van der Waals surface area contributed by atoms with Crippen LogP contribution in [0, 0.1) is 17.7 Å². The topological polar surface area (TPSA) is 71.5 Å². The van der Waals surface area contributed by atoms with Crippen molar-refractivity contribution in [1.82, 2.24) is 15.2 Å². The quantitative estimate of drug-likeness (QED) is 0.459. The highest BCUT2D eigenvalue weighted by molar-refractivity contribution is 7.09. The van der Waals surface area contributed by atoms with Gasteiger partial charge in [-0.3, -0.25) is 9.59 Å². The third kappa shape index (κ3) is 5.43. The fourth-order valence-corrected chi connectivity index (χ4v) is 5.22. The number of aromatic nitrogens is 1. The number of nitrogens with one attached hydrogen (secondary N) is 1. The lowest BCUT2D eigenvalue weighted by Gasteiger charge is -2.38. The lowest BCUT2D eigenvalue weighted by Crippen LogP contribution is -2.41. The SMILES string of the molecule is CC(C)CNC(=O)c1csc(COc2ccc3c(c2)C(c2cccc(F)c2)N(C(=O)C2CC2)CC3)n1. The average molecular weight is 508 g/mol. The van der Waals surface area contributed by atoms with Gasteiger partial charge in [-0.05, 0) is 66.1 Å². The van der Waals surface area contributed by atoms with E-state index in [0.717, 1.165) is 36.0 Å². The van der Waals surface area contributed by atoms with E-state index in [1.165, 1.54) is 23.5 Å². The summed E-state index contributed by atoms with van der Waals surface area (Å²) in [7, 11) is 0. The molecule has 2 aliphatic rings. The molecule has 2 heterocycles. The number of amides is 2. The molecule has 0 radical (unpaired) electrons. The Hall–Kier alpha value is -3.26. The number of hydrogen-bond acceptors (Lipinski definition) is 5. The van der Waals surface area contributed by atoms with Crippen molar-refractivity contribution in [3.8, 4) is 5.75 Å². The van der Waals surface area contributed by atoms with Gasteiger partial charge in [0.1, 0.15) is 28.9 Å². The van der Waals surface area contributed by atoms with Gasteiger partial charge in [0.25, 0.3) is 5.91 Å². The number of carbonyl (C=O) groups is 2. The van der Waals surface area contributed by atoms with Crippen LogP contribution in [-0.2, 0) is 17.8 Å². The van der Waals surface area contributed by atoms with Crippen molar-refractivity contribution in [1.29, 1.82) is 0 Å². The Labute approximate surface area is 214 Å². The van der Waals surface area contributed by atoms with Gasteiger partial charge in [-0.15, -0.1) is 11.3 Å². The highest BCUT2D eigenvalue weighted by atomic mass is 32.1. The Morgan fingerprint density at radius 1 is 1.22 bits per heavy atom. The van der Waals surface area contributed by atoms with Crippen LogP contribution in [0.1, 0.15) is 64.9 Å². The Bertz CT molecular complexity index is 1270. The highest BCUT2D eigenvalue weighted by Crippen LogP contribution is 2.41. The van der Waals surface area contributed by atoms with Gasteiger partial charge >= 0.3 is 0 Å². The van der Waals surface area contributed by atoms with E-state index in [-0.39, 0.29) is 36.2 Å². The summed E-state index contributed by atoms with van der Waals surface area (Å²) in [4.78, 5) is 31.7. The number of ether oxygens (including phenoxy) is 1. The molecule has 6 nitrogen and oxygen atoms in total. The number of nitrogens with zero attached hydrogens (tertiary/aromatic N) is 2. The van der Waals surface area contributed by atoms with Crippen molar-refractivity contribution in [3.05, 3.63) is 81.1 Å². The lowest BCUT2D eigenvalue weighted by molar-refractivity contribution is -0.134. The Morgan fingerprint density at radius 3 is 2.81 bits per heavy atom. The van der Waals surface area contributed by atoms with Gasteiger partial charge in [0.15, 0.2) is 0 Å². The number of benzene rings is 2. The molecule has 3 aromatic rings. The van der Waals surface area contributed by atoms with Crippen LogP contribution in [0.5, 0.6) is 5.75 Å². The van der Waals surface area contributed by atoms with Gasteiger partial charge in [-0.2, -0.15) is 0 Å². The monoisotopic (exact) mass is 507 g/mol. The maximum atomic E-state index is 14.2. The van der Waals surface area contributed by atoms with Gasteiger partial charge in [0, 0.05) is 24.4 Å². The molecule has 1 aromatic heterocycles. The van der Waals surface area contributed by atoms with Crippen molar-refractivity contribution in [3.63, 3.8) is 0 Å². The summed E-state index contributed by atoms with van der Waals surface area (Å²) in [5.41, 5.74) is 3.25. The van der Waals surface area contributed by atoms with Crippen molar-refractivity contribution >= 4 is 23.2 Å². The summed E-state index contributed by atoms with van der Waals surface area (Å²) >= 11 is 1.38. The molecular weight excluding hydrogens is 477 g/mol. The van der Waals surface area contributed by atoms with E-state index >= 15 is 0 Å². The van der Waals surface area contributed by atoms with Gasteiger partial charge in [-0.1, -0.05) is 32.0 Å². The van der Waals surface area contributed by atoms with Crippen LogP contribution in [0.25, 0.3) is 0 Å². The van der Waals surface area contributed by atoms with E-state index in [1.54, 1.807) is 11.4 Å². The predicted molar refractivity (Wildman–Crippen MR) is 136 cm³/mol. The molecule has 1 saturated carbocycles. The Morgan fingerprint density at radius 2 is 2.06 bits per heavy atom. The summed E-state index contributed by atoms with van der Waals surface area (Å²) in [6, 6.07) is 12.1. The average Bonchev–Trinajstić information content (AvgIpc) is 3.62. The summed E-state index contributed by atoms with van der Waals surface area (Å²) in [5.74, 6) is 0.746. The number of halogens is 1. The van der Waals surface area contributed by atoms with Gasteiger partial charge < -0.3 is 15.0 Å². The molecule has 0 bridgehead atoms. The van der Waals surface area contributed by atoms with Crippen molar-refractivity contribution in [2.45, 2.75) is 45.8 Å². The van der Waals surface area contributed by atoms with Crippen LogP contribution in [0.15, 0.2) is 47.8 Å². The minimum Gasteiger partial charge on any atom is -0.486 e. The maximum absolute atomic E-state index is 14.2. The Balaban J connectivity index is 1.35. The molecule has 1 unspecified atom stereocenters. The van der Waals surface area contributed by atoms with Gasteiger partial charge in [0.2, 0.25) is 5.91 Å². The van der Waals surface area contributed by atoms with Crippen molar-refractivity contribution in [2.75, 3.05) is 13.1 Å². The first kappa shape index (κ1) is 24.4. The third-order valence-corrected chi connectivity index (χ3v) is 7.36. The molecule has 1 atom stereocenters. The van der Waals surface area contributed by atoms with E-state index in [9.17, 15) is 14.0 Å². The predicted octanol–water partition coefficient (Wildman–Crippen LogP) is 5.13. The molecule has 0 spiro atoms. The molecule has 188 valence electrons. The molecule has 36 heavy (non-hydrogen) atoms. The second-order valence-electron chi connectivity index (χ2n) is 9.89. The van der Waals surface area contributed by atoms with E-state index in [0.29, 0.717) is 35.5 Å². The zero-order valence-electron chi connectivity index (χ0n) is 20.5. The molecule has 0 saturated heterocycles. The minimum absolute atomic E-state index is 0.0823. The zero-order valence-corrected chi connectivity index (χ0v) is 21.3. The third-order valence-electron chi connectivity index (χ3n) is 6.54. The van der Waals surface area contributed by atoms with E-state index in [4.69, 9.17) is 4.74 Å². The number of fused-ring (bicyclic) bond motifs is 1. The molecule has 1 aliphatic carbocycles. The van der Waals surface area contributed by atoms with E-state index in [2.05, 4.69) is 10.3 Å². The van der Waals surface area contributed by atoms with Crippen LogP contribution < -0.4 is 10.1 Å². The molecule has 8 heteroatoms. The van der Waals surface area contributed by atoms with E-state index in [1.807, 2.05) is 43.0 Å². The van der Waals surface area contributed by atoms with Crippen LogP contribution >= 0.6 is 11.3 Å². The van der Waals surface area contributed by atoms with Gasteiger partial charge in [0.05, 0.1) is 6.04 Å². The van der Waals surface area contributed by atoms with Crippen LogP contribution in [0.2, 0.25) is 0 Å². The highest BCUT2D eigenvalue weighted by Gasteiger charge is 2.39. The number of carbonyl (C=O) groups excluding carboxylic acids is 2. The number of thiazole rings is 1. The molecule has 2 amide bonds. The minimum atomic E-state index is -0.350. The first-order valence-corrected chi connectivity index (χ1v) is 13.3. The smallest absolute Gasteiger partial charge is 0.270 e. The first-order chi connectivity index (χ1) is 17.4. The summed E-state index contributed by atoms with van der Waals surface area (Å²) in [5, 5.41) is 5.32. The van der Waals surface area contributed by atoms with Crippen LogP contribution in [0.3, 0.4) is 0 Å². The molecule has 1 fully saturated rings. The second kappa shape index (κ2) is 10.4. The first-order valence-electron chi connectivity index (χ1n) is 12.4. The maximum Gasteiger partial charge on any atom is 0.270 e. The summed E-state index contributed by atoms with van der Waals surface area (Å²) in [6.45, 7) is 5.53. The van der Waals surface area contributed by atoms with Gasteiger partial charge in [-0.25, -0.2) is 9.37 Å². The molecule has 2 aromatic carbocycles. The zero-order chi connectivity index (χ0) is 25.2. The fourth-order valence-electron chi connectivity index (χ4n) is 4.54. The Kier molecular flexibility index (Phi) is 7.05. The standard InChI is InChI=1S/C28H30FN3O3S/c1-17(2)14-30-27(33)24-16-36-25(31-24)15-35-22-9-8-18-10-11-32(28(34)19-6-7-19)26(23(18)13-22)20-4-3-5-21(29)12-20/h3-5,8-9,12-13,16-17,19,26H,6-7,10-11,14-15H2,1-2H3,(H,30,33). The van der Waals surface area contributed by atoms with E-state index < -0.39 is 0 Å². The van der Waals surface area contributed by atoms with Crippen molar-refractivity contribution < 1.29 is 18.7 Å². The summed E-state index contributed by atoms with van der Waals surface area (Å²) < 4.78 is 20.2. The molecular formula is C28H30FN3O3S. The second-order valence-corrected chi connectivity index (χ2v) is 10.8. The normalized spacial score (nSPS) is 17.1.